The van der Waals surface area contributed by atoms with Crippen LogP contribution in [0.4, 0.5) is 0 Å². The summed E-state index contributed by atoms with van der Waals surface area (Å²) in [7, 11) is 0. The Hall–Kier alpha value is -1.90. The Labute approximate surface area is 82.3 Å². The van der Waals surface area contributed by atoms with Crippen LogP contribution in [0.3, 0.4) is 0 Å². The van der Waals surface area contributed by atoms with E-state index in [9.17, 15) is 0 Å². The lowest BCUT2D eigenvalue weighted by Crippen LogP contribution is -2.27. The molecule has 0 bridgehead atoms. The van der Waals surface area contributed by atoms with E-state index < -0.39 is 0 Å². The molecule has 1 aromatic rings. The van der Waals surface area contributed by atoms with Gasteiger partial charge < -0.3 is 10.2 Å². The lowest BCUT2D eigenvalue weighted by atomic mass is 10.2. The third-order valence-electron chi connectivity index (χ3n) is 2.40. The number of hydrazine groups is 1. The average molecular weight is 186 g/mol. The molecule has 3 nitrogen and oxygen atoms in total. The number of fused-ring (bicyclic) bond motifs is 2. The van der Waals surface area contributed by atoms with Gasteiger partial charge in [-0.2, -0.15) is 0 Å². The molecule has 3 rings (SSSR count). The van der Waals surface area contributed by atoms with Gasteiger partial charge in [0, 0.05) is 11.8 Å². The molecule has 0 saturated heterocycles. The Kier molecular flexibility index (Phi) is 1.50. The number of rotatable bonds is 0. The molecule has 0 unspecified atom stereocenters. The van der Waals surface area contributed by atoms with Crippen LogP contribution in [-0.2, 0) is 6.54 Å². The lowest BCUT2D eigenvalue weighted by molar-refractivity contribution is 0.305. The maximum absolute atomic E-state index is 5.57. The Morgan fingerprint density at radius 2 is 2.21 bits per heavy atom. The molecule has 3 heteroatoms. The van der Waals surface area contributed by atoms with E-state index in [1.54, 1.807) is 6.26 Å². The minimum absolute atomic E-state index is 0.828. The average Bonchev–Trinajstić information content (AvgIpc) is 2.58. The predicted molar refractivity (Wildman–Crippen MR) is 53.0 cm³/mol. The summed E-state index contributed by atoms with van der Waals surface area (Å²) in [6.45, 7) is 0.828. The molecule has 0 atom stereocenters. The van der Waals surface area contributed by atoms with Gasteiger partial charge in [-0.25, -0.2) is 0 Å². The maximum Gasteiger partial charge on any atom is 0.131 e. The van der Waals surface area contributed by atoms with Crippen molar-refractivity contribution in [1.82, 2.24) is 10.4 Å². The van der Waals surface area contributed by atoms with E-state index in [1.165, 1.54) is 5.56 Å². The number of ether oxygens (including phenoxy) is 1. The number of hydrogen-bond acceptors (Lipinski definition) is 3. The van der Waals surface area contributed by atoms with Gasteiger partial charge in [0.1, 0.15) is 12.0 Å². The van der Waals surface area contributed by atoms with Crippen molar-refractivity contribution in [3.63, 3.8) is 0 Å². The summed E-state index contributed by atoms with van der Waals surface area (Å²) in [4.78, 5) is 0. The highest BCUT2D eigenvalue weighted by Crippen LogP contribution is 2.26. The van der Waals surface area contributed by atoms with Crippen molar-refractivity contribution >= 4 is 0 Å². The fourth-order valence-corrected chi connectivity index (χ4v) is 1.66. The van der Waals surface area contributed by atoms with Crippen LogP contribution in [0.5, 0.6) is 5.75 Å². The molecule has 70 valence electrons. The van der Waals surface area contributed by atoms with Gasteiger partial charge in [-0.05, 0) is 12.1 Å². The standard InChI is InChI=1S/C11H10N2O/c1-2-4-11-9(3-1)7-13-10(8-14-11)5-6-12-13/h1-6,8,12H,7H2. The van der Waals surface area contributed by atoms with E-state index in [0.29, 0.717) is 0 Å². The summed E-state index contributed by atoms with van der Waals surface area (Å²) in [5.74, 6) is 0.935. The molecule has 0 saturated carbocycles. The van der Waals surface area contributed by atoms with E-state index in [0.717, 1.165) is 18.0 Å². The third kappa shape index (κ3) is 1.06. The topological polar surface area (TPSA) is 24.5 Å². The minimum atomic E-state index is 0.828. The molecule has 1 aromatic carbocycles. The second kappa shape index (κ2) is 2.80. The van der Waals surface area contributed by atoms with Gasteiger partial charge in [0.25, 0.3) is 0 Å². The number of para-hydroxylation sites is 1. The second-order valence-corrected chi connectivity index (χ2v) is 3.32. The fourth-order valence-electron chi connectivity index (χ4n) is 1.66. The first-order valence-corrected chi connectivity index (χ1v) is 4.58. The van der Waals surface area contributed by atoms with Gasteiger partial charge in [-0.15, -0.1) is 0 Å². The normalized spacial score (nSPS) is 17.4. The Bertz CT molecular complexity index is 423. The van der Waals surface area contributed by atoms with Crippen molar-refractivity contribution < 1.29 is 4.74 Å². The van der Waals surface area contributed by atoms with Gasteiger partial charge in [0.05, 0.1) is 12.2 Å². The fraction of sp³-hybridized carbons (Fsp3) is 0.0909. The molecule has 0 fully saturated rings. The summed E-state index contributed by atoms with van der Waals surface area (Å²) < 4.78 is 5.57. The van der Waals surface area contributed by atoms with E-state index in [4.69, 9.17) is 4.74 Å². The van der Waals surface area contributed by atoms with Crippen LogP contribution in [0.1, 0.15) is 5.56 Å². The molecular formula is C11H10N2O. The highest BCUT2D eigenvalue weighted by Gasteiger charge is 2.17. The smallest absolute Gasteiger partial charge is 0.131 e. The molecule has 0 aliphatic carbocycles. The zero-order valence-corrected chi connectivity index (χ0v) is 7.60. The van der Waals surface area contributed by atoms with Gasteiger partial charge in [-0.1, -0.05) is 18.2 Å². The lowest BCUT2D eigenvalue weighted by Gasteiger charge is -2.17. The van der Waals surface area contributed by atoms with E-state index in [-0.39, 0.29) is 0 Å². The second-order valence-electron chi connectivity index (χ2n) is 3.32. The molecular weight excluding hydrogens is 176 g/mol. The quantitative estimate of drug-likeness (QED) is 0.668. The van der Waals surface area contributed by atoms with E-state index >= 15 is 0 Å². The number of benzene rings is 1. The highest BCUT2D eigenvalue weighted by atomic mass is 16.5. The van der Waals surface area contributed by atoms with Crippen molar-refractivity contribution in [2.45, 2.75) is 6.54 Å². The van der Waals surface area contributed by atoms with Crippen LogP contribution in [0.2, 0.25) is 0 Å². The number of nitrogens with zero attached hydrogens (tertiary/aromatic N) is 1. The van der Waals surface area contributed by atoms with Crippen molar-refractivity contribution in [2.75, 3.05) is 0 Å². The number of allylic oxidation sites excluding steroid dienone is 1. The highest BCUT2D eigenvalue weighted by molar-refractivity contribution is 5.37. The maximum atomic E-state index is 5.57. The van der Waals surface area contributed by atoms with Crippen molar-refractivity contribution in [3.05, 3.63) is 54.1 Å². The molecule has 2 aliphatic rings. The first-order valence-electron chi connectivity index (χ1n) is 4.58. The van der Waals surface area contributed by atoms with Gasteiger partial charge in [0.2, 0.25) is 0 Å². The summed E-state index contributed by atoms with van der Waals surface area (Å²) in [5.41, 5.74) is 5.39. The first-order chi connectivity index (χ1) is 6.93. The van der Waals surface area contributed by atoms with Crippen LogP contribution in [0.25, 0.3) is 0 Å². The van der Waals surface area contributed by atoms with E-state index in [2.05, 4.69) is 11.5 Å². The Balaban J connectivity index is 2.03. The van der Waals surface area contributed by atoms with Crippen LogP contribution >= 0.6 is 0 Å². The zero-order chi connectivity index (χ0) is 9.38. The summed E-state index contributed by atoms with van der Waals surface area (Å²) in [6.07, 6.45) is 5.66. The molecule has 0 radical (unpaired) electrons. The third-order valence-corrected chi connectivity index (χ3v) is 2.40. The van der Waals surface area contributed by atoms with Crippen LogP contribution in [-0.4, -0.2) is 5.01 Å². The van der Waals surface area contributed by atoms with Crippen LogP contribution < -0.4 is 10.2 Å². The van der Waals surface area contributed by atoms with Crippen molar-refractivity contribution in [1.29, 1.82) is 0 Å². The molecule has 0 aromatic heterocycles. The molecule has 0 amide bonds. The molecule has 2 heterocycles. The van der Waals surface area contributed by atoms with Gasteiger partial charge in [-0.3, -0.25) is 5.01 Å². The SMILES string of the molecule is C1=CC2=COc3ccccc3CN2N1. The predicted octanol–water partition coefficient (Wildman–Crippen LogP) is 1.75. The Morgan fingerprint density at radius 1 is 1.29 bits per heavy atom. The molecule has 1 N–H and O–H groups in total. The minimum Gasteiger partial charge on any atom is -0.462 e. The number of hydrogen-bond donors (Lipinski definition) is 1. The molecule has 0 spiro atoms. The number of nitrogens with one attached hydrogen (secondary N) is 1. The summed E-state index contributed by atoms with van der Waals surface area (Å²) in [6, 6.07) is 8.07. The molecule has 2 aliphatic heterocycles. The van der Waals surface area contributed by atoms with Gasteiger partial charge in [0.15, 0.2) is 0 Å². The first kappa shape index (κ1) is 7.50. The van der Waals surface area contributed by atoms with Crippen molar-refractivity contribution in [2.24, 2.45) is 0 Å². The summed E-state index contributed by atoms with van der Waals surface area (Å²) >= 11 is 0. The van der Waals surface area contributed by atoms with Crippen molar-refractivity contribution in [3.8, 4) is 5.75 Å². The van der Waals surface area contributed by atoms with Crippen LogP contribution in [0, 0.1) is 0 Å². The zero-order valence-electron chi connectivity index (χ0n) is 7.60. The van der Waals surface area contributed by atoms with E-state index in [1.807, 2.05) is 35.5 Å². The summed E-state index contributed by atoms with van der Waals surface area (Å²) in [5, 5.41) is 2.05. The van der Waals surface area contributed by atoms with Crippen LogP contribution in [0.15, 0.2) is 48.5 Å². The Morgan fingerprint density at radius 3 is 3.21 bits per heavy atom. The molecule has 14 heavy (non-hydrogen) atoms. The monoisotopic (exact) mass is 186 g/mol. The van der Waals surface area contributed by atoms with Gasteiger partial charge >= 0.3 is 0 Å². The largest absolute Gasteiger partial charge is 0.462 e.